The van der Waals surface area contributed by atoms with Crippen LogP contribution in [-0.2, 0) is 13.0 Å². The molecule has 0 aliphatic heterocycles. The highest BCUT2D eigenvalue weighted by Gasteiger charge is 2.11. The third kappa shape index (κ3) is 3.36. The van der Waals surface area contributed by atoms with Gasteiger partial charge < -0.3 is 9.64 Å². The highest BCUT2D eigenvalue weighted by atomic mass is 35.5. The summed E-state index contributed by atoms with van der Waals surface area (Å²) in [5.74, 6) is 1.71. The van der Waals surface area contributed by atoms with E-state index in [4.69, 9.17) is 16.3 Å². The molecule has 0 N–H and O–H groups in total. The summed E-state index contributed by atoms with van der Waals surface area (Å²) in [6.45, 7) is 2.73. The third-order valence-corrected chi connectivity index (χ3v) is 3.85. The number of hydrogen-bond acceptors (Lipinski definition) is 5. The lowest BCUT2D eigenvalue weighted by Gasteiger charge is -2.17. The number of methoxy groups -OCH3 is 1. The molecule has 0 unspecified atom stereocenters. The average molecular weight is 298 g/mol. The minimum Gasteiger partial charge on any atom is -0.496 e. The number of benzene rings is 1. The van der Waals surface area contributed by atoms with Gasteiger partial charge in [0.15, 0.2) is 0 Å². The third-order valence-electron chi connectivity index (χ3n) is 2.75. The number of halogens is 1. The van der Waals surface area contributed by atoms with Gasteiger partial charge in [0, 0.05) is 42.1 Å². The van der Waals surface area contributed by atoms with Crippen molar-refractivity contribution < 1.29 is 4.74 Å². The summed E-state index contributed by atoms with van der Waals surface area (Å²) in [5.41, 5.74) is 1.03. The van der Waals surface area contributed by atoms with E-state index in [1.165, 1.54) is 11.5 Å². The van der Waals surface area contributed by atoms with Crippen molar-refractivity contribution in [2.75, 3.05) is 19.1 Å². The standard InChI is InChI=1S/C13H16ClN3OS/c1-4-12-15-13(19-16-12)17(2)8-9-7-10(14)5-6-11(9)18-3/h5-7H,4,8H2,1-3H3. The van der Waals surface area contributed by atoms with Crippen LogP contribution in [0.15, 0.2) is 18.2 Å². The summed E-state index contributed by atoms with van der Waals surface area (Å²) in [5, 5.41) is 1.61. The first-order chi connectivity index (χ1) is 9.13. The maximum atomic E-state index is 6.03. The molecule has 2 aromatic rings. The number of ether oxygens (including phenoxy) is 1. The number of hydrogen-bond donors (Lipinski definition) is 0. The van der Waals surface area contributed by atoms with Crippen LogP contribution in [0.2, 0.25) is 5.02 Å². The van der Waals surface area contributed by atoms with Crippen LogP contribution < -0.4 is 9.64 Å². The van der Waals surface area contributed by atoms with E-state index in [0.29, 0.717) is 11.6 Å². The zero-order chi connectivity index (χ0) is 13.8. The molecule has 1 heterocycles. The summed E-state index contributed by atoms with van der Waals surface area (Å²) in [6, 6.07) is 5.62. The molecule has 19 heavy (non-hydrogen) atoms. The van der Waals surface area contributed by atoms with Crippen molar-refractivity contribution in [3.05, 3.63) is 34.6 Å². The first-order valence-electron chi connectivity index (χ1n) is 6.00. The fourth-order valence-electron chi connectivity index (χ4n) is 1.74. The second-order valence-electron chi connectivity index (χ2n) is 4.16. The normalized spacial score (nSPS) is 10.5. The first kappa shape index (κ1) is 14.1. The quantitative estimate of drug-likeness (QED) is 0.848. The minimum atomic E-state index is 0.683. The van der Waals surface area contributed by atoms with E-state index in [-0.39, 0.29) is 0 Å². The van der Waals surface area contributed by atoms with Gasteiger partial charge in [0.1, 0.15) is 11.6 Å². The summed E-state index contributed by atoms with van der Waals surface area (Å²) >= 11 is 7.44. The van der Waals surface area contributed by atoms with Crippen LogP contribution in [0.3, 0.4) is 0 Å². The van der Waals surface area contributed by atoms with E-state index >= 15 is 0 Å². The Morgan fingerprint density at radius 1 is 1.42 bits per heavy atom. The molecule has 1 aromatic heterocycles. The number of rotatable bonds is 5. The minimum absolute atomic E-state index is 0.683. The van der Waals surface area contributed by atoms with E-state index < -0.39 is 0 Å². The van der Waals surface area contributed by atoms with E-state index in [2.05, 4.69) is 9.36 Å². The lowest BCUT2D eigenvalue weighted by molar-refractivity contribution is 0.409. The van der Waals surface area contributed by atoms with E-state index in [1.807, 2.05) is 37.1 Å². The van der Waals surface area contributed by atoms with Gasteiger partial charge in [-0.25, -0.2) is 4.98 Å². The summed E-state index contributed by atoms with van der Waals surface area (Å²) < 4.78 is 9.63. The Morgan fingerprint density at radius 2 is 2.21 bits per heavy atom. The highest BCUT2D eigenvalue weighted by Crippen LogP contribution is 2.26. The van der Waals surface area contributed by atoms with Crippen molar-refractivity contribution in [2.24, 2.45) is 0 Å². The molecule has 0 radical (unpaired) electrons. The van der Waals surface area contributed by atoms with Crippen LogP contribution in [0.5, 0.6) is 5.75 Å². The average Bonchev–Trinajstić information content (AvgIpc) is 2.88. The summed E-state index contributed by atoms with van der Waals surface area (Å²) in [4.78, 5) is 6.51. The molecule has 2 rings (SSSR count). The van der Waals surface area contributed by atoms with Gasteiger partial charge in [0.2, 0.25) is 5.13 Å². The molecule has 0 amide bonds. The van der Waals surface area contributed by atoms with Crippen molar-refractivity contribution in [2.45, 2.75) is 19.9 Å². The zero-order valence-corrected chi connectivity index (χ0v) is 12.8. The van der Waals surface area contributed by atoms with Gasteiger partial charge in [-0.05, 0) is 18.2 Å². The Labute approximate surface area is 122 Å². The topological polar surface area (TPSA) is 38.2 Å². The van der Waals surface area contributed by atoms with Gasteiger partial charge in [-0.2, -0.15) is 4.37 Å². The van der Waals surface area contributed by atoms with Crippen molar-refractivity contribution in [3.8, 4) is 5.75 Å². The second kappa shape index (κ2) is 6.21. The van der Waals surface area contributed by atoms with Crippen LogP contribution >= 0.6 is 23.1 Å². The Morgan fingerprint density at radius 3 is 2.84 bits per heavy atom. The molecular weight excluding hydrogens is 282 g/mol. The molecule has 4 nitrogen and oxygen atoms in total. The first-order valence-corrected chi connectivity index (χ1v) is 7.15. The Bertz CT molecular complexity index is 559. The fourth-order valence-corrected chi connectivity index (χ4v) is 2.64. The van der Waals surface area contributed by atoms with Crippen LogP contribution in [-0.4, -0.2) is 23.5 Å². The molecule has 0 aliphatic carbocycles. The van der Waals surface area contributed by atoms with E-state index in [0.717, 1.165) is 28.7 Å². The maximum Gasteiger partial charge on any atom is 0.205 e. The fraction of sp³-hybridized carbons (Fsp3) is 0.385. The largest absolute Gasteiger partial charge is 0.496 e. The molecule has 1 aromatic carbocycles. The van der Waals surface area contributed by atoms with Gasteiger partial charge >= 0.3 is 0 Å². The summed E-state index contributed by atoms with van der Waals surface area (Å²) in [7, 11) is 3.65. The smallest absolute Gasteiger partial charge is 0.205 e. The number of aromatic nitrogens is 2. The second-order valence-corrected chi connectivity index (χ2v) is 5.33. The Balaban J connectivity index is 2.18. The molecule has 0 saturated heterocycles. The van der Waals surface area contributed by atoms with Gasteiger partial charge in [-0.1, -0.05) is 18.5 Å². The molecule has 0 aliphatic rings. The van der Waals surface area contributed by atoms with Crippen molar-refractivity contribution in [3.63, 3.8) is 0 Å². The molecule has 102 valence electrons. The summed E-state index contributed by atoms with van der Waals surface area (Å²) in [6.07, 6.45) is 0.852. The zero-order valence-electron chi connectivity index (χ0n) is 11.2. The van der Waals surface area contributed by atoms with Crippen molar-refractivity contribution in [1.29, 1.82) is 0 Å². The van der Waals surface area contributed by atoms with Gasteiger partial charge in [-0.15, -0.1) is 0 Å². The SMILES string of the molecule is CCc1nsc(N(C)Cc2cc(Cl)ccc2OC)n1. The van der Waals surface area contributed by atoms with Gasteiger partial charge in [-0.3, -0.25) is 0 Å². The highest BCUT2D eigenvalue weighted by molar-refractivity contribution is 7.09. The van der Waals surface area contributed by atoms with Crippen LogP contribution in [0.1, 0.15) is 18.3 Å². The molecule has 0 fully saturated rings. The Kier molecular flexibility index (Phi) is 4.61. The van der Waals surface area contributed by atoms with Crippen LogP contribution in [0.4, 0.5) is 5.13 Å². The monoisotopic (exact) mass is 297 g/mol. The number of aryl methyl sites for hydroxylation is 1. The molecule has 0 bridgehead atoms. The van der Waals surface area contributed by atoms with E-state index in [9.17, 15) is 0 Å². The van der Waals surface area contributed by atoms with Crippen LogP contribution in [0.25, 0.3) is 0 Å². The van der Waals surface area contributed by atoms with Gasteiger partial charge in [0.25, 0.3) is 0 Å². The lowest BCUT2D eigenvalue weighted by Crippen LogP contribution is -2.16. The van der Waals surface area contributed by atoms with Crippen molar-refractivity contribution >= 4 is 28.3 Å². The molecular formula is C13H16ClN3OS. The Hall–Kier alpha value is -1.33. The predicted octanol–water partition coefficient (Wildman–Crippen LogP) is 3.40. The predicted molar refractivity (Wildman–Crippen MR) is 79.4 cm³/mol. The maximum absolute atomic E-state index is 6.03. The van der Waals surface area contributed by atoms with Crippen LogP contribution in [0, 0.1) is 0 Å². The van der Waals surface area contributed by atoms with Crippen molar-refractivity contribution in [1.82, 2.24) is 9.36 Å². The molecule has 0 atom stereocenters. The lowest BCUT2D eigenvalue weighted by atomic mass is 10.2. The molecule has 6 heteroatoms. The van der Waals surface area contributed by atoms with Gasteiger partial charge in [0.05, 0.1) is 7.11 Å². The van der Waals surface area contributed by atoms with E-state index in [1.54, 1.807) is 7.11 Å². The number of nitrogens with zero attached hydrogens (tertiary/aromatic N) is 3. The molecule has 0 spiro atoms. The molecule has 0 saturated carbocycles. The number of anilines is 1.